The van der Waals surface area contributed by atoms with Crippen molar-refractivity contribution in [3.63, 3.8) is 0 Å². The third-order valence-corrected chi connectivity index (χ3v) is 3.51. The molecular weight excluding hydrogens is 352 g/mol. The number of amidine groups is 1. The lowest BCUT2D eigenvalue weighted by Gasteiger charge is -2.09. The first-order valence-corrected chi connectivity index (χ1v) is 8.06. The van der Waals surface area contributed by atoms with Crippen molar-refractivity contribution in [2.45, 2.75) is 6.42 Å². The number of benzene rings is 2. The number of carbonyl (C=O) groups is 1. The molecule has 0 bridgehead atoms. The van der Waals surface area contributed by atoms with Crippen molar-refractivity contribution in [1.29, 1.82) is 0 Å². The normalized spacial score (nSPS) is 10.9. The van der Waals surface area contributed by atoms with Crippen molar-refractivity contribution in [3.8, 4) is 23.0 Å². The van der Waals surface area contributed by atoms with Gasteiger partial charge in [-0.1, -0.05) is 23.4 Å². The van der Waals surface area contributed by atoms with E-state index >= 15 is 0 Å². The van der Waals surface area contributed by atoms with E-state index in [0.29, 0.717) is 23.0 Å². The van der Waals surface area contributed by atoms with Crippen molar-refractivity contribution in [1.82, 2.24) is 0 Å². The fraction of sp³-hybridized carbons (Fsp3) is 0.263. The monoisotopic (exact) mass is 374 g/mol. The van der Waals surface area contributed by atoms with E-state index in [4.69, 9.17) is 29.5 Å². The lowest BCUT2D eigenvalue weighted by atomic mass is 10.1. The van der Waals surface area contributed by atoms with Gasteiger partial charge in [0.25, 0.3) is 0 Å². The van der Waals surface area contributed by atoms with Crippen LogP contribution >= 0.6 is 0 Å². The first-order valence-electron chi connectivity index (χ1n) is 8.06. The molecule has 0 aromatic heterocycles. The van der Waals surface area contributed by atoms with Crippen molar-refractivity contribution >= 4 is 11.8 Å². The molecule has 8 nitrogen and oxygen atoms in total. The molecule has 0 heterocycles. The third kappa shape index (κ3) is 5.81. The number of oxime groups is 1. The lowest BCUT2D eigenvalue weighted by Crippen LogP contribution is -2.19. The molecule has 0 aliphatic carbocycles. The van der Waals surface area contributed by atoms with Crippen LogP contribution in [0, 0.1) is 0 Å². The molecule has 8 heteroatoms. The van der Waals surface area contributed by atoms with Crippen LogP contribution in [0.3, 0.4) is 0 Å². The molecule has 2 aromatic carbocycles. The Morgan fingerprint density at radius 2 is 1.56 bits per heavy atom. The Labute approximate surface area is 157 Å². The standard InChI is InChI=1S/C19H22N2O6/c1-23-14-6-4-5-7-16(14)26-12-19(22)27-21-18(20)11-13-8-9-15(24-2)17(10-13)25-3/h4-10H,11-12H2,1-3H3,(H2,20,21). The topological polar surface area (TPSA) is 102 Å². The molecule has 144 valence electrons. The summed E-state index contributed by atoms with van der Waals surface area (Å²) in [6.07, 6.45) is 0.279. The second kappa shape index (κ2) is 9.91. The van der Waals surface area contributed by atoms with Crippen LogP contribution in [-0.4, -0.2) is 39.7 Å². The van der Waals surface area contributed by atoms with Crippen molar-refractivity contribution in [2.75, 3.05) is 27.9 Å². The molecule has 0 spiro atoms. The van der Waals surface area contributed by atoms with Gasteiger partial charge in [0.1, 0.15) is 5.84 Å². The Bertz CT molecular complexity index is 807. The number of nitrogens with zero attached hydrogens (tertiary/aromatic N) is 1. The highest BCUT2D eigenvalue weighted by atomic mass is 16.7. The SMILES string of the molecule is COc1ccc(C/C(N)=N\OC(=O)COc2ccccc2OC)cc1OC. The summed E-state index contributed by atoms with van der Waals surface area (Å²) in [7, 11) is 4.61. The molecule has 0 unspecified atom stereocenters. The van der Waals surface area contributed by atoms with E-state index in [1.807, 2.05) is 6.07 Å². The number of ether oxygens (including phenoxy) is 4. The average molecular weight is 374 g/mol. The Kier molecular flexibility index (Phi) is 7.30. The van der Waals surface area contributed by atoms with Crippen molar-refractivity contribution < 1.29 is 28.6 Å². The number of hydrogen-bond acceptors (Lipinski definition) is 7. The predicted molar refractivity (Wildman–Crippen MR) is 99.5 cm³/mol. The van der Waals surface area contributed by atoms with Gasteiger partial charge in [-0.25, -0.2) is 4.79 Å². The van der Waals surface area contributed by atoms with Gasteiger partial charge >= 0.3 is 5.97 Å². The van der Waals surface area contributed by atoms with Gasteiger partial charge in [-0.3, -0.25) is 0 Å². The highest BCUT2D eigenvalue weighted by molar-refractivity contribution is 5.83. The summed E-state index contributed by atoms with van der Waals surface area (Å²) in [5.41, 5.74) is 6.64. The van der Waals surface area contributed by atoms with Crippen LogP contribution in [0.25, 0.3) is 0 Å². The second-order valence-electron chi connectivity index (χ2n) is 5.35. The Morgan fingerprint density at radius 1 is 0.926 bits per heavy atom. The molecule has 0 fully saturated rings. The van der Waals surface area contributed by atoms with Gasteiger partial charge in [0, 0.05) is 6.42 Å². The molecule has 27 heavy (non-hydrogen) atoms. The molecule has 0 saturated heterocycles. The number of hydrogen-bond donors (Lipinski definition) is 1. The molecular formula is C19H22N2O6. The minimum atomic E-state index is -0.684. The Morgan fingerprint density at radius 3 is 2.22 bits per heavy atom. The zero-order chi connectivity index (χ0) is 19.6. The van der Waals surface area contributed by atoms with Gasteiger partial charge in [-0.2, -0.15) is 0 Å². The molecule has 0 radical (unpaired) electrons. The molecule has 0 atom stereocenters. The van der Waals surface area contributed by atoms with E-state index in [1.54, 1.807) is 50.6 Å². The molecule has 2 N–H and O–H groups in total. The Balaban J connectivity index is 1.88. The quantitative estimate of drug-likeness (QED) is 0.310. The molecule has 0 saturated carbocycles. The number of rotatable bonds is 9. The number of methoxy groups -OCH3 is 3. The maximum absolute atomic E-state index is 11.8. The van der Waals surface area contributed by atoms with Crippen LogP contribution in [0.15, 0.2) is 47.6 Å². The largest absolute Gasteiger partial charge is 0.493 e. The van der Waals surface area contributed by atoms with E-state index in [2.05, 4.69) is 5.16 Å². The highest BCUT2D eigenvalue weighted by Gasteiger charge is 2.09. The first-order chi connectivity index (χ1) is 13.1. The summed E-state index contributed by atoms with van der Waals surface area (Å²) in [5.74, 6) is 1.58. The van der Waals surface area contributed by atoms with E-state index < -0.39 is 5.97 Å². The van der Waals surface area contributed by atoms with Crippen molar-refractivity contribution in [3.05, 3.63) is 48.0 Å². The van der Waals surface area contributed by atoms with Crippen LogP contribution in [0.4, 0.5) is 0 Å². The summed E-state index contributed by atoms with van der Waals surface area (Å²) in [6, 6.07) is 12.3. The average Bonchev–Trinajstić information content (AvgIpc) is 2.70. The molecule has 0 aliphatic rings. The third-order valence-electron chi connectivity index (χ3n) is 3.51. The summed E-state index contributed by atoms with van der Waals surface area (Å²) < 4.78 is 20.9. The lowest BCUT2D eigenvalue weighted by molar-refractivity contribution is -0.146. The molecule has 2 aromatic rings. The van der Waals surface area contributed by atoms with Crippen LogP contribution in [0.1, 0.15) is 5.56 Å². The van der Waals surface area contributed by atoms with E-state index in [9.17, 15) is 4.79 Å². The fourth-order valence-electron chi connectivity index (χ4n) is 2.24. The van der Waals surface area contributed by atoms with E-state index in [0.717, 1.165) is 5.56 Å². The smallest absolute Gasteiger partial charge is 0.372 e. The summed E-state index contributed by atoms with van der Waals surface area (Å²) in [4.78, 5) is 16.5. The minimum absolute atomic E-state index is 0.132. The molecule has 0 aliphatic heterocycles. The van der Waals surface area contributed by atoms with Gasteiger partial charge in [0.15, 0.2) is 29.6 Å². The zero-order valence-corrected chi connectivity index (χ0v) is 15.4. The summed E-state index contributed by atoms with van der Waals surface area (Å²) >= 11 is 0. The minimum Gasteiger partial charge on any atom is -0.493 e. The molecule has 2 rings (SSSR count). The molecule has 0 amide bonds. The number of nitrogens with two attached hydrogens (primary N) is 1. The van der Waals surface area contributed by atoms with Crippen LogP contribution < -0.4 is 24.7 Å². The summed E-state index contributed by atoms with van der Waals surface area (Å²) in [5, 5.41) is 3.63. The maximum atomic E-state index is 11.8. The van der Waals surface area contributed by atoms with Crippen molar-refractivity contribution in [2.24, 2.45) is 10.9 Å². The second-order valence-corrected chi connectivity index (χ2v) is 5.35. The Hall–Kier alpha value is -3.42. The van der Waals surface area contributed by atoms with E-state index in [-0.39, 0.29) is 18.9 Å². The fourth-order valence-corrected chi connectivity index (χ4v) is 2.24. The maximum Gasteiger partial charge on any atom is 0.372 e. The predicted octanol–water partition coefficient (Wildman–Crippen LogP) is 2.15. The van der Waals surface area contributed by atoms with Crippen LogP contribution in [-0.2, 0) is 16.1 Å². The van der Waals surface area contributed by atoms with Gasteiger partial charge < -0.3 is 29.5 Å². The van der Waals surface area contributed by atoms with Gasteiger partial charge in [0.05, 0.1) is 21.3 Å². The van der Waals surface area contributed by atoms with Gasteiger partial charge in [-0.05, 0) is 29.8 Å². The number of carbonyl (C=O) groups excluding carboxylic acids is 1. The zero-order valence-electron chi connectivity index (χ0n) is 15.4. The summed E-state index contributed by atoms with van der Waals surface area (Å²) in [6.45, 7) is -0.326. The van der Waals surface area contributed by atoms with Gasteiger partial charge in [0.2, 0.25) is 0 Å². The van der Waals surface area contributed by atoms with Gasteiger partial charge in [-0.15, -0.1) is 0 Å². The van der Waals surface area contributed by atoms with E-state index in [1.165, 1.54) is 7.11 Å². The van der Waals surface area contributed by atoms with Crippen LogP contribution in [0.2, 0.25) is 0 Å². The number of para-hydroxylation sites is 2. The first kappa shape index (κ1) is 19.9. The van der Waals surface area contributed by atoms with Crippen LogP contribution in [0.5, 0.6) is 23.0 Å². The highest BCUT2D eigenvalue weighted by Crippen LogP contribution is 2.28.